The van der Waals surface area contributed by atoms with Crippen molar-refractivity contribution in [1.29, 1.82) is 0 Å². The van der Waals surface area contributed by atoms with Gasteiger partial charge in [0.15, 0.2) is 0 Å². The molecule has 0 N–H and O–H groups in total. The highest BCUT2D eigenvalue weighted by molar-refractivity contribution is 6.30. The number of halogens is 1. The van der Waals surface area contributed by atoms with E-state index in [9.17, 15) is 4.79 Å². The van der Waals surface area contributed by atoms with Crippen LogP contribution >= 0.6 is 11.6 Å². The quantitative estimate of drug-likeness (QED) is 0.499. The number of carbonyl (C=O) groups excluding carboxylic acids is 1. The summed E-state index contributed by atoms with van der Waals surface area (Å²) in [4.78, 5) is 17.9. The summed E-state index contributed by atoms with van der Waals surface area (Å²) in [5.41, 5.74) is 2.88. The van der Waals surface area contributed by atoms with E-state index in [1.54, 1.807) is 0 Å². The molecule has 2 saturated carbocycles. The minimum atomic E-state index is 0.0155. The summed E-state index contributed by atoms with van der Waals surface area (Å²) in [6.45, 7) is 10.2. The van der Waals surface area contributed by atoms with Gasteiger partial charge in [-0.05, 0) is 68.1 Å². The monoisotopic (exact) mass is 458 g/mol. The first-order valence-corrected chi connectivity index (χ1v) is 12.8. The van der Waals surface area contributed by atoms with E-state index in [-0.39, 0.29) is 29.0 Å². The van der Waals surface area contributed by atoms with Crippen LogP contribution in [0.1, 0.15) is 44.6 Å². The van der Waals surface area contributed by atoms with Gasteiger partial charge in [-0.25, -0.2) is 0 Å². The largest absolute Gasteiger partial charge is 0.462 e. The zero-order valence-corrected chi connectivity index (χ0v) is 20.1. The van der Waals surface area contributed by atoms with Crippen LogP contribution in [0.15, 0.2) is 18.2 Å². The lowest BCUT2D eigenvalue weighted by Gasteiger charge is -2.51. The molecule has 32 heavy (non-hydrogen) atoms. The highest BCUT2D eigenvalue weighted by Crippen LogP contribution is 2.62. The van der Waals surface area contributed by atoms with Gasteiger partial charge in [0.1, 0.15) is 6.10 Å². The number of piperazine rings is 1. The van der Waals surface area contributed by atoms with Gasteiger partial charge in [-0.15, -0.1) is 0 Å². The van der Waals surface area contributed by atoms with E-state index < -0.39 is 0 Å². The average Bonchev–Trinajstić information content (AvgIpc) is 3.47. The van der Waals surface area contributed by atoms with Crippen molar-refractivity contribution in [1.82, 2.24) is 4.90 Å². The van der Waals surface area contributed by atoms with Crippen molar-refractivity contribution in [2.24, 2.45) is 23.2 Å². The Morgan fingerprint density at radius 3 is 2.72 bits per heavy atom. The van der Waals surface area contributed by atoms with Crippen molar-refractivity contribution in [3.63, 3.8) is 0 Å². The number of aryl methyl sites for hydroxylation is 1. The van der Waals surface area contributed by atoms with E-state index in [4.69, 9.17) is 21.1 Å². The molecule has 174 valence electrons. The van der Waals surface area contributed by atoms with Crippen molar-refractivity contribution in [2.75, 3.05) is 44.2 Å². The van der Waals surface area contributed by atoms with Gasteiger partial charge in [0.2, 0.25) is 0 Å². The normalized spacial score (nSPS) is 41.3. The van der Waals surface area contributed by atoms with Gasteiger partial charge >= 0.3 is 5.97 Å². The molecule has 0 bridgehead atoms. The van der Waals surface area contributed by atoms with Crippen LogP contribution in [0.3, 0.4) is 0 Å². The molecule has 5 nitrogen and oxygen atoms in total. The molecular formula is C26H35ClN2O3. The standard InChI is InChI=1S/C26H35ClN2O3/c1-17-4-5-18(27)12-21(17)29-10-8-28(9-11-29)15-20-19-13-23-25(2,14-22(19)32-24(20)30)6-3-7-26(23)16-31-26/h4-5,12,19-20,22-23H,3,6-11,13-16H2,1-2H3/t19-,20+,22+,23+,25+,26+/m0/s1. The average molecular weight is 459 g/mol. The fourth-order valence-corrected chi connectivity index (χ4v) is 7.70. The second-order valence-corrected chi connectivity index (χ2v) is 11.8. The number of fused-ring (bicyclic) bond motifs is 3. The number of carbonyl (C=O) groups is 1. The molecule has 2 aliphatic carbocycles. The second-order valence-electron chi connectivity index (χ2n) is 11.3. The Labute approximate surface area is 196 Å². The molecule has 3 aliphatic heterocycles. The Morgan fingerprint density at radius 2 is 1.97 bits per heavy atom. The summed E-state index contributed by atoms with van der Waals surface area (Å²) in [5, 5.41) is 0.789. The summed E-state index contributed by atoms with van der Waals surface area (Å²) in [5.74, 6) is 1.00. The van der Waals surface area contributed by atoms with E-state index >= 15 is 0 Å². The van der Waals surface area contributed by atoms with Gasteiger partial charge in [-0.1, -0.05) is 24.6 Å². The number of hydrogen-bond acceptors (Lipinski definition) is 5. The molecule has 5 fully saturated rings. The van der Waals surface area contributed by atoms with E-state index in [1.165, 1.54) is 30.5 Å². The number of hydrogen-bond donors (Lipinski definition) is 0. The van der Waals surface area contributed by atoms with E-state index in [0.717, 1.165) is 57.2 Å². The number of benzene rings is 1. The number of ether oxygens (including phenoxy) is 2. The molecule has 5 aliphatic rings. The van der Waals surface area contributed by atoms with Crippen molar-refractivity contribution in [3.05, 3.63) is 28.8 Å². The van der Waals surface area contributed by atoms with E-state index in [0.29, 0.717) is 11.8 Å². The molecular weight excluding hydrogens is 424 g/mol. The van der Waals surface area contributed by atoms with Gasteiger partial charge in [0.25, 0.3) is 0 Å². The van der Waals surface area contributed by atoms with Gasteiger partial charge in [0.05, 0.1) is 18.1 Å². The van der Waals surface area contributed by atoms with Crippen molar-refractivity contribution >= 4 is 23.3 Å². The molecule has 1 aromatic carbocycles. The summed E-state index contributed by atoms with van der Waals surface area (Å²) < 4.78 is 12.1. The van der Waals surface area contributed by atoms with Gasteiger partial charge < -0.3 is 14.4 Å². The van der Waals surface area contributed by atoms with E-state index in [2.05, 4.69) is 35.8 Å². The topological polar surface area (TPSA) is 45.3 Å². The zero-order valence-electron chi connectivity index (χ0n) is 19.3. The Bertz CT molecular complexity index is 910. The lowest BCUT2D eigenvalue weighted by Crippen LogP contribution is -2.52. The van der Waals surface area contributed by atoms with Crippen LogP contribution in [-0.2, 0) is 14.3 Å². The first-order valence-electron chi connectivity index (χ1n) is 12.4. The van der Waals surface area contributed by atoms with Crippen molar-refractivity contribution < 1.29 is 14.3 Å². The predicted molar refractivity (Wildman–Crippen MR) is 125 cm³/mol. The number of epoxide rings is 1. The van der Waals surface area contributed by atoms with Crippen LogP contribution in [0, 0.1) is 30.1 Å². The third-order valence-corrected chi connectivity index (χ3v) is 9.65. The molecule has 1 spiro atoms. The molecule has 0 amide bonds. The fourth-order valence-electron chi connectivity index (χ4n) is 7.54. The smallest absolute Gasteiger partial charge is 0.310 e. The number of anilines is 1. The molecule has 6 rings (SSSR count). The Kier molecular flexibility index (Phi) is 5.05. The second kappa shape index (κ2) is 7.61. The van der Waals surface area contributed by atoms with Crippen molar-refractivity contribution in [2.45, 2.75) is 57.7 Å². The van der Waals surface area contributed by atoms with Crippen LogP contribution in [0.2, 0.25) is 5.02 Å². The molecule has 6 atom stereocenters. The number of rotatable bonds is 3. The molecule has 0 aromatic heterocycles. The molecule has 3 saturated heterocycles. The zero-order chi connectivity index (χ0) is 22.1. The molecule has 1 aromatic rings. The first-order chi connectivity index (χ1) is 15.4. The summed E-state index contributed by atoms with van der Waals surface area (Å²) in [6.07, 6.45) is 5.93. The maximum Gasteiger partial charge on any atom is 0.310 e. The summed E-state index contributed by atoms with van der Waals surface area (Å²) >= 11 is 6.24. The fraction of sp³-hybridized carbons (Fsp3) is 0.731. The molecule has 0 radical (unpaired) electrons. The Hall–Kier alpha value is -1.30. The minimum Gasteiger partial charge on any atom is -0.462 e. The molecule has 6 heteroatoms. The van der Waals surface area contributed by atoms with Crippen LogP contribution < -0.4 is 4.90 Å². The highest BCUT2D eigenvalue weighted by Gasteiger charge is 2.65. The number of esters is 1. The molecule has 3 heterocycles. The van der Waals surface area contributed by atoms with E-state index in [1.807, 2.05) is 6.07 Å². The SMILES string of the molecule is Cc1ccc(Cl)cc1N1CCN(C[C@H]2C(=O)O[C@@H]3C[C@@]4(C)CCC[C@@]5(CO5)[C@@H]4C[C@H]32)CC1. The molecule has 0 unspecified atom stereocenters. The van der Waals surface area contributed by atoms with Crippen molar-refractivity contribution in [3.8, 4) is 0 Å². The summed E-state index contributed by atoms with van der Waals surface area (Å²) in [7, 11) is 0. The van der Waals surface area contributed by atoms with Gasteiger partial charge in [-0.3, -0.25) is 9.69 Å². The van der Waals surface area contributed by atoms with Crippen LogP contribution in [0.25, 0.3) is 0 Å². The third-order valence-electron chi connectivity index (χ3n) is 9.42. The van der Waals surface area contributed by atoms with Crippen LogP contribution in [-0.4, -0.2) is 61.9 Å². The predicted octanol–water partition coefficient (Wildman–Crippen LogP) is 4.30. The van der Waals surface area contributed by atoms with Crippen LogP contribution in [0.5, 0.6) is 0 Å². The maximum atomic E-state index is 13.0. The third kappa shape index (κ3) is 3.47. The first kappa shape index (κ1) is 21.2. The van der Waals surface area contributed by atoms with Crippen LogP contribution in [0.4, 0.5) is 5.69 Å². The lowest BCUT2D eigenvalue weighted by atomic mass is 9.53. The highest BCUT2D eigenvalue weighted by atomic mass is 35.5. The maximum absolute atomic E-state index is 13.0. The van der Waals surface area contributed by atoms with Gasteiger partial charge in [0, 0.05) is 49.4 Å². The van der Waals surface area contributed by atoms with Gasteiger partial charge in [-0.2, -0.15) is 0 Å². The lowest BCUT2D eigenvalue weighted by molar-refractivity contribution is -0.147. The summed E-state index contributed by atoms with van der Waals surface area (Å²) in [6, 6.07) is 6.12. The Morgan fingerprint density at radius 1 is 1.19 bits per heavy atom. The number of nitrogens with zero attached hydrogens (tertiary/aromatic N) is 2. The Balaban J connectivity index is 1.12. The minimum absolute atomic E-state index is 0.0155.